The van der Waals surface area contributed by atoms with E-state index in [2.05, 4.69) is 45.9 Å². The van der Waals surface area contributed by atoms with E-state index in [1.165, 1.54) is 6.42 Å². The molecule has 6 aromatic heterocycles. The maximum atomic E-state index is 13.4. The maximum Gasteiger partial charge on any atom is 1.00 e. The molecule has 4 amide bonds. The Morgan fingerprint density at radius 1 is 0.537 bits per heavy atom. The molecule has 20 heteroatoms. The molecule has 0 atom stereocenters. The van der Waals surface area contributed by atoms with Gasteiger partial charge in [0.1, 0.15) is 11.3 Å². The molecular formula is C60H52BrCuN12O6. The second-order valence-electron chi connectivity index (χ2n) is 20.7. The average molecular weight is 1180 g/mol. The number of urea groups is 2. The summed E-state index contributed by atoms with van der Waals surface area (Å²) in [5.41, 5.74) is 9.94. The van der Waals surface area contributed by atoms with Crippen LogP contribution in [0.3, 0.4) is 0 Å². The van der Waals surface area contributed by atoms with Crippen molar-refractivity contribution in [2.45, 2.75) is 77.5 Å². The number of halogens is 1. The van der Waals surface area contributed by atoms with Gasteiger partial charge in [-0.25, -0.2) is 24.4 Å². The third kappa shape index (κ3) is 9.30. The summed E-state index contributed by atoms with van der Waals surface area (Å²) >= 11 is 3.67. The first kappa shape index (κ1) is 53.6. The molecule has 0 unspecified atom stereocenters. The number of hydrogen-bond acceptors (Lipinski definition) is 9. The number of hydrogen-bond donors (Lipinski definition) is 0. The third-order valence-corrected chi connectivity index (χ3v) is 16.5. The number of imidazole rings is 2. The van der Waals surface area contributed by atoms with E-state index in [0.717, 1.165) is 107 Å². The van der Waals surface area contributed by atoms with Crippen molar-refractivity contribution in [3.8, 4) is 0 Å². The van der Waals surface area contributed by atoms with Gasteiger partial charge < -0.3 is 40.6 Å². The normalized spacial score (nSPS) is 17.4. The first-order chi connectivity index (χ1) is 38.5. The maximum absolute atomic E-state index is 13.4. The van der Waals surface area contributed by atoms with Gasteiger partial charge in [0.25, 0.3) is 0 Å². The summed E-state index contributed by atoms with van der Waals surface area (Å²) in [6, 6.07) is 19.1. The van der Waals surface area contributed by atoms with Gasteiger partial charge in [-0.1, -0.05) is 28.1 Å². The van der Waals surface area contributed by atoms with Crippen LogP contribution < -0.4 is 0 Å². The molecule has 0 bridgehead atoms. The van der Waals surface area contributed by atoms with E-state index in [0.29, 0.717) is 89.8 Å². The zero-order valence-electron chi connectivity index (χ0n) is 43.5. The van der Waals surface area contributed by atoms with Gasteiger partial charge >= 0.3 is 29.1 Å². The number of allylic oxidation sites excluding steroid dienone is 4. The molecule has 18 nitrogen and oxygen atoms in total. The van der Waals surface area contributed by atoms with E-state index in [1.807, 2.05) is 102 Å². The number of benzene rings is 2. The Hall–Kier alpha value is -8.42. The molecule has 2 saturated heterocycles. The molecule has 0 N–H and O–H groups in total. The van der Waals surface area contributed by atoms with Gasteiger partial charge in [-0.3, -0.25) is 28.0 Å². The van der Waals surface area contributed by atoms with Crippen molar-refractivity contribution < 1.29 is 45.8 Å². The first-order valence-electron chi connectivity index (χ1n) is 26.6. The summed E-state index contributed by atoms with van der Waals surface area (Å²) in [6.07, 6.45) is 17.1. The summed E-state index contributed by atoms with van der Waals surface area (Å²) in [7, 11) is 0. The second-order valence-corrected chi connectivity index (χ2v) is 21.7. The van der Waals surface area contributed by atoms with Gasteiger partial charge in [0.15, 0.2) is 28.8 Å². The number of ketones is 4. The van der Waals surface area contributed by atoms with Gasteiger partial charge in [0, 0.05) is 122 Å². The number of likely N-dealkylation sites (tertiary alicyclic amines) is 2. The van der Waals surface area contributed by atoms with Crippen molar-refractivity contribution in [1.29, 1.82) is 5.26 Å². The van der Waals surface area contributed by atoms with Gasteiger partial charge in [0.05, 0.1) is 65.4 Å². The topological polar surface area (TPSA) is 188 Å². The molecule has 14 rings (SSSR count). The summed E-state index contributed by atoms with van der Waals surface area (Å²) in [5.74, 6) is -0.810. The van der Waals surface area contributed by atoms with Crippen LogP contribution in [0.15, 0.2) is 102 Å². The predicted octanol–water partition coefficient (Wildman–Crippen LogP) is 9.73. The molecule has 10 heterocycles. The number of Topliss-reactive ketones (excluding diaryl/α,β-unsaturated/α-hetero) is 4. The van der Waals surface area contributed by atoms with E-state index in [9.17, 15) is 28.8 Å². The largest absolute Gasteiger partial charge is 1.00 e. The molecule has 6 aliphatic rings. The van der Waals surface area contributed by atoms with Crippen LogP contribution in [-0.4, -0.2) is 122 Å². The first-order valence-corrected chi connectivity index (χ1v) is 27.4. The van der Waals surface area contributed by atoms with Gasteiger partial charge in [-0.15, -0.1) is 0 Å². The number of carbonyl (C=O) groups is 6. The minimum Gasteiger partial charge on any atom is -0.512 e. The van der Waals surface area contributed by atoms with Crippen LogP contribution in [0, 0.1) is 18.4 Å². The minimum absolute atomic E-state index is 0. The monoisotopic (exact) mass is 1180 g/mol. The summed E-state index contributed by atoms with van der Waals surface area (Å²) in [4.78, 5) is 100. The molecule has 8 aromatic rings. The average Bonchev–Trinajstić information content (AvgIpc) is 3.99. The van der Waals surface area contributed by atoms with Crippen molar-refractivity contribution in [3.63, 3.8) is 0 Å². The van der Waals surface area contributed by atoms with E-state index >= 15 is 0 Å². The number of carbonyl (C=O) groups excluding carboxylic acids is 6. The molecule has 4 aliphatic heterocycles. The van der Waals surface area contributed by atoms with Crippen molar-refractivity contribution in [1.82, 2.24) is 47.5 Å². The van der Waals surface area contributed by atoms with E-state index in [4.69, 9.17) is 18.4 Å². The zero-order valence-corrected chi connectivity index (χ0v) is 46.0. The van der Waals surface area contributed by atoms with Crippen LogP contribution in [0.4, 0.5) is 15.3 Å². The number of pyridine rings is 2. The van der Waals surface area contributed by atoms with Crippen LogP contribution in [0.2, 0.25) is 0 Å². The van der Waals surface area contributed by atoms with Crippen molar-refractivity contribution in [2.75, 3.05) is 39.3 Å². The SMILES string of the molecule is O=C1CC(=O)C(c2cnc3ccccn23)=C1c1cn2c3c(cc(Br)cc13)CN(C(=O)N1CCCCC1)CC2.[C-]#N.[C-]#[N+]c1cc2c3c(c1)c(C1=C(c4cnc5ccccn45)C(=O)CC1=O)cn3CCN(C(=O)N1CCCCC1)C2.[Cu+]. The molecule has 0 spiro atoms. The van der Waals surface area contributed by atoms with Gasteiger partial charge in [-0.05, 0) is 104 Å². The molecule has 0 radical (unpaired) electrons. The number of fused-ring (bicyclic) bond motifs is 2. The van der Waals surface area contributed by atoms with Crippen LogP contribution >= 0.6 is 15.9 Å². The van der Waals surface area contributed by atoms with Crippen LogP contribution in [-0.2, 0) is 62.4 Å². The third-order valence-electron chi connectivity index (χ3n) is 16.1. The van der Waals surface area contributed by atoms with Crippen molar-refractivity contribution >= 4 is 112 Å². The Kier molecular flexibility index (Phi) is 14.7. The summed E-state index contributed by atoms with van der Waals surface area (Å²) in [5, 5.41) is 7.92. The van der Waals surface area contributed by atoms with Gasteiger partial charge in [0.2, 0.25) is 0 Å². The fourth-order valence-corrected chi connectivity index (χ4v) is 13.0. The smallest absolute Gasteiger partial charge is 0.512 e. The Morgan fingerprint density at radius 3 is 1.44 bits per heavy atom. The number of rotatable bonds is 4. The predicted molar refractivity (Wildman–Crippen MR) is 299 cm³/mol. The molecule has 80 heavy (non-hydrogen) atoms. The molecular weight excluding hydrogens is 1130 g/mol. The van der Waals surface area contributed by atoms with E-state index < -0.39 is 0 Å². The standard InChI is InChI=1S/C30H26N6O3.C29H26BrN5O3.CN.Cu/c1-31-20-13-19-17-35(30(39)33-8-4-2-5-9-33)12-11-34-18-22(21(14-20)29(19)34)27-24(37)15-25(38)28(27)23-16-32-26-7-3-6-10-36(23)26;30-19-12-18-16-34(29(38)32-7-3-1-4-8-32)11-10-33-17-21(20(13-19)28(18)33)26-23(36)14-24(37)27(26)22-15-31-25-6-2-5-9-35(22)25;1-2;/h3,6-7,10,13-14,16,18H,2,4-5,8-9,11-12,15,17H2;2,5-6,9,12-13,15,17H,1,3-4,7-8,10-11,14,16H2;;/q;;-1;+1. The molecule has 2 aliphatic carbocycles. The number of piperidine rings is 2. The molecule has 2 fully saturated rings. The number of nitrogens with zero attached hydrogens (tertiary/aromatic N) is 12. The van der Waals surface area contributed by atoms with Crippen LogP contribution in [0.5, 0.6) is 0 Å². The van der Waals surface area contributed by atoms with Crippen molar-refractivity contribution in [2.24, 2.45) is 0 Å². The fraction of sp³-hybridized carbons (Fsp3) is 0.300. The summed E-state index contributed by atoms with van der Waals surface area (Å²) < 4.78 is 8.78. The van der Waals surface area contributed by atoms with Crippen LogP contribution in [0.1, 0.15) is 85.0 Å². The molecule has 2 aromatic carbocycles. The Morgan fingerprint density at radius 2 is 0.975 bits per heavy atom. The molecule has 0 saturated carbocycles. The fourth-order valence-electron chi connectivity index (χ4n) is 12.5. The van der Waals surface area contributed by atoms with E-state index in [1.54, 1.807) is 18.5 Å². The number of aromatic nitrogens is 6. The van der Waals surface area contributed by atoms with Crippen LogP contribution in [0.25, 0.3) is 60.2 Å². The summed E-state index contributed by atoms with van der Waals surface area (Å²) in [6.45, 7) is 18.8. The van der Waals surface area contributed by atoms with Crippen molar-refractivity contribution in [3.05, 3.63) is 154 Å². The Labute approximate surface area is 478 Å². The molecule has 406 valence electrons. The Balaban J connectivity index is 0.000000162. The zero-order chi connectivity index (χ0) is 54.6. The number of amides is 4. The van der Waals surface area contributed by atoms with E-state index in [-0.39, 0.29) is 65.1 Å². The minimum atomic E-state index is -0.228. The Bertz CT molecular complexity index is 4050. The second kappa shape index (κ2) is 22.0. The van der Waals surface area contributed by atoms with Gasteiger partial charge in [-0.2, -0.15) is 0 Å². The quantitative estimate of drug-likeness (QED) is 0.0939.